The number of halogens is 1. The standard InChI is InChI=1S/C16H17ClN2OS/c1-11-3-2-4-13(9-11)21-8-7-16(20)19-15-10-12(17)5-6-14(15)18/h2-6,9-10H,7-8,18H2,1H3,(H,19,20). The molecule has 0 fully saturated rings. The van der Waals surface area contributed by atoms with Crippen LogP contribution in [0.2, 0.25) is 5.02 Å². The average molecular weight is 321 g/mol. The van der Waals surface area contributed by atoms with Crippen molar-refractivity contribution >= 4 is 40.6 Å². The van der Waals surface area contributed by atoms with Crippen LogP contribution in [-0.4, -0.2) is 11.7 Å². The highest BCUT2D eigenvalue weighted by molar-refractivity contribution is 7.99. The summed E-state index contributed by atoms with van der Waals surface area (Å²) in [5.41, 5.74) is 8.09. The van der Waals surface area contributed by atoms with Crippen molar-refractivity contribution in [2.45, 2.75) is 18.2 Å². The summed E-state index contributed by atoms with van der Waals surface area (Å²) in [7, 11) is 0. The van der Waals surface area contributed by atoms with Crippen molar-refractivity contribution in [3.05, 3.63) is 53.1 Å². The number of rotatable bonds is 5. The first-order valence-corrected chi connectivity index (χ1v) is 7.95. The van der Waals surface area contributed by atoms with Gasteiger partial charge in [-0.1, -0.05) is 29.3 Å². The van der Waals surface area contributed by atoms with Gasteiger partial charge in [-0.3, -0.25) is 4.79 Å². The van der Waals surface area contributed by atoms with Gasteiger partial charge in [-0.25, -0.2) is 0 Å². The summed E-state index contributed by atoms with van der Waals surface area (Å²) in [4.78, 5) is 13.1. The molecule has 0 unspecified atom stereocenters. The maximum atomic E-state index is 11.9. The van der Waals surface area contributed by atoms with Crippen molar-refractivity contribution < 1.29 is 4.79 Å². The van der Waals surface area contributed by atoms with Gasteiger partial charge in [0, 0.05) is 22.1 Å². The monoisotopic (exact) mass is 320 g/mol. The number of nitrogen functional groups attached to an aromatic ring is 1. The van der Waals surface area contributed by atoms with Crippen LogP contribution in [0.25, 0.3) is 0 Å². The van der Waals surface area contributed by atoms with E-state index in [1.807, 2.05) is 12.1 Å². The van der Waals surface area contributed by atoms with E-state index in [0.717, 1.165) is 5.75 Å². The second kappa shape index (κ2) is 7.38. The Morgan fingerprint density at radius 1 is 1.29 bits per heavy atom. The van der Waals surface area contributed by atoms with E-state index in [0.29, 0.717) is 22.8 Å². The van der Waals surface area contributed by atoms with Gasteiger partial charge < -0.3 is 11.1 Å². The normalized spacial score (nSPS) is 10.4. The van der Waals surface area contributed by atoms with Gasteiger partial charge in [0.25, 0.3) is 0 Å². The second-order valence-corrected chi connectivity index (χ2v) is 6.30. The summed E-state index contributed by atoms with van der Waals surface area (Å²) in [6, 6.07) is 13.3. The lowest BCUT2D eigenvalue weighted by molar-refractivity contribution is -0.115. The largest absolute Gasteiger partial charge is 0.397 e. The van der Waals surface area contributed by atoms with Crippen LogP contribution < -0.4 is 11.1 Å². The quantitative estimate of drug-likeness (QED) is 0.636. The minimum absolute atomic E-state index is 0.0656. The van der Waals surface area contributed by atoms with E-state index in [1.165, 1.54) is 10.5 Å². The van der Waals surface area contributed by atoms with Gasteiger partial charge in [-0.05, 0) is 37.3 Å². The Labute approximate surface area is 133 Å². The molecule has 0 aromatic heterocycles. The molecule has 1 amide bonds. The first-order valence-electron chi connectivity index (χ1n) is 6.59. The van der Waals surface area contributed by atoms with Gasteiger partial charge in [0.05, 0.1) is 11.4 Å². The molecule has 5 heteroatoms. The Hall–Kier alpha value is -1.65. The van der Waals surface area contributed by atoms with Crippen LogP contribution in [-0.2, 0) is 4.79 Å². The fourth-order valence-corrected chi connectivity index (χ4v) is 2.96. The predicted molar refractivity (Wildman–Crippen MR) is 91.0 cm³/mol. The van der Waals surface area contributed by atoms with Gasteiger partial charge in [0.2, 0.25) is 5.91 Å². The number of aryl methyl sites for hydroxylation is 1. The number of carbonyl (C=O) groups excluding carboxylic acids is 1. The molecule has 110 valence electrons. The molecule has 3 N–H and O–H groups in total. The number of nitrogens with one attached hydrogen (secondary N) is 1. The third kappa shape index (κ3) is 4.99. The molecule has 2 aromatic carbocycles. The summed E-state index contributed by atoms with van der Waals surface area (Å²) in [6.45, 7) is 2.05. The van der Waals surface area contributed by atoms with Crippen LogP contribution in [0, 0.1) is 6.92 Å². The number of thioether (sulfide) groups is 1. The third-order valence-electron chi connectivity index (χ3n) is 2.88. The smallest absolute Gasteiger partial charge is 0.225 e. The summed E-state index contributed by atoms with van der Waals surface area (Å²) in [5.74, 6) is 0.652. The Morgan fingerprint density at radius 3 is 2.86 bits per heavy atom. The first-order chi connectivity index (χ1) is 10.0. The molecule has 0 saturated heterocycles. The fraction of sp³-hybridized carbons (Fsp3) is 0.188. The van der Waals surface area contributed by atoms with Crippen molar-refractivity contribution in [3.8, 4) is 0 Å². The van der Waals surface area contributed by atoms with Gasteiger partial charge in [0.1, 0.15) is 0 Å². The molecule has 0 bridgehead atoms. The van der Waals surface area contributed by atoms with Crippen molar-refractivity contribution in [2.24, 2.45) is 0 Å². The zero-order chi connectivity index (χ0) is 15.2. The summed E-state index contributed by atoms with van der Waals surface area (Å²) < 4.78 is 0. The Morgan fingerprint density at radius 2 is 2.10 bits per heavy atom. The van der Waals surface area contributed by atoms with E-state index in [-0.39, 0.29) is 5.91 Å². The lowest BCUT2D eigenvalue weighted by Crippen LogP contribution is -2.13. The zero-order valence-corrected chi connectivity index (χ0v) is 13.3. The number of hydrogen-bond acceptors (Lipinski definition) is 3. The maximum absolute atomic E-state index is 11.9. The van der Waals surface area contributed by atoms with Crippen LogP contribution in [0.3, 0.4) is 0 Å². The minimum atomic E-state index is -0.0656. The summed E-state index contributed by atoms with van der Waals surface area (Å²) >= 11 is 7.55. The molecular weight excluding hydrogens is 304 g/mol. The number of anilines is 2. The lowest BCUT2D eigenvalue weighted by atomic mass is 10.2. The molecule has 21 heavy (non-hydrogen) atoms. The van der Waals surface area contributed by atoms with E-state index >= 15 is 0 Å². The third-order valence-corrected chi connectivity index (χ3v) is 4.11. The molecule has 2 rings (SSSR count). The number of hydrogen-bond donors (Lipinski definition) is 2. The lowest BCUT2D eigenvalue weighted by Gasteiger charge is -2.08. The number of amides is 1. The van der Waals surface area contributed by atoms with Crippen LogP contribution >= 0.6 is 23.4 Å². The van der Waals surface area contributed by atoms with E-state index in [2.05, 4.69) is 24.4 Å². The number of benzene rings is 2. The molecule has 0 saturated carbocycles. The molecule has 0 radical (unpaired) electrons. The van der Waals surface area contributed by atoms with Crippen LogP contribution in [0.1, 0.15) is 12.0 Å². The molecule has 3 nitrogen and oxygen atoms in total. The van der Waals surface area contributed by atoms with Gasteiger partial charge in [-0.15, -0.1) is 11.8 Å². The number of carbonyl (C=O) groups is 1. The van der Waals surface area contributed by atoms with Crippen molar-refractivity contribution in [3.63, 3.8) is 0 Å². The van der Waals surface area contributed by atoms with E-state index in [4.69, 9.17) is 17.3 Å². The Bertz CT molecular complexity index is 646. The molecule has 0 aliphatic rings. The van der Waals surface area contributed by atoms with E-state index in [1.54, 1.807) is 30.0 Å². The molecule has 0 atom stereocenters. The Kier molecular flexibility index (Phi) is 5.53. The van der Waals surface area contributed by atoms with Gasteiger partial charge >= 0.3 is 0 Å². The molecule has 0 spiro atoms. The highest BCUT2D eigenvalue weighted by Gasteiger charge is 2.06. The predicted octanol–water partition coefficient (Wildman–Crippen LogP) is 4.35. The highest BCUT2D eigenvalue weighted by Crippen LogP contribution is 2.24. The molecule has 0 aliphatic carbocycles. The first kappa shape index (κ1) is 15.7. The van der Waals surface area contributed by atoms with Crippen LogP contribution in [0.5, 0.6) is 0 Å². The van der Waals surface area contributed by atoms with Gasteiger partial charge in [0.15, 0.2) is 0 Å². The average Bonchev–Trinajstić information content (AvgIpc) is 2.43. The molecule has 2 aromatic rings. The summed E-state index contributed by atoms with van der Waals surface area (Å²) in [5, 5.41) is 3.34. The van der Waals surface area contributed by atoms with Gasteiger partial charge in [-0.2, -0.15) is 0 Å². The number of nitrogens with two attached hydrogens (primary N) is 1. The van der Waals surface area contributed by atoms with Crippen molar-refractivity contribution in [1.82, 2.24) is 0 Å². The van der Waals surface area contributed by atoms with E-state index in [9.17, 15) is 4.79 Å². The minimum Gasteiger partial charge on any atom is -0.397 e. The second-order valence-electron chi connectivity index (χ2n) is 4.69. The topological polar surface area (TPSA) is 55.1 Å². The van der Waals surface area contributed by atoms with Crippen molar-refractivity contribution in [1.29, 1.82) is 0 Å². The van der Waals surface area contributed by atoms with E-state index < -0.39 is 0 Å². The van der Waals surface area contributed by atoms with Crippen LogP contribution in [0.15, 0.2) is 47.4 Å². The molecule has 0 heterocycles. The SMILES string of the molecule is Cc1cccc(SCCC(=O)Nc2cc(Cl)ccc2N)c1. The molecular formula is C16H17ClN2OS. The summed E-state index contributed by atoms with van der Waals surface area (Å²) in [6.07, 6.45) is 0.421. The fourth-order valence-electron chi connectivity index (χ4n) is 1.82. The maximum Gasteiger partial charge on any atom is 0.225 e. The highest BCUT2D eigenvalue weighted by atomic mass is 35.5. The Balaban J connectivity index is 1.84. The molecule has 0 aliphatic heterocycles. The zero-order valence-electron chi connectivity index (χ0n) is 11.7. The van der Waals surface area contributed by atoms with Crippen LogP contribution in [0.4, 0.5) is 11.4 Å². The van der Waals surface area contributed by atoms with Crippen molar-refractivity contribution in [2.75, 3.05) is 16.8 Å².